The molecule has 0 unspecified atom stereocenters. The van der Waals surface area contributed by atoms with Gasteiger partial charge in [0.15, 0.2) is 5.78 Å². The number of benzene rings is 1. The number of fused-ring (bicyclic) bond motifs is 1. The first-order chi connectivity index (χ1) is 13.0. The molecule has 1 aromatic rings. The van der Waals surface area contributed by atoms with Crippen molar-refractivity contribution in [1.29, 1.82) is 0 Å². The fourth-order valence-electron chi connectivity index (χ4n) is 4.96. The van der Waals surface area contributed by atoms with Crippen LogP contribution >= 0.6 is 0 Å². The van der Waals surface area contributed by atoms with Crippen LogP contribution in [0.3, 0.4) is 0 Å². The average Bonchev–Trinajstić information content (AvgIpc) is 2.65. The summed E-state index contributed by atoms with van der Waals surface area (Å²) in [7, 11) is 0. The van der Waals surface area contributed by atoms with E-state index in [2.05, 4.69) is 6.92 Å². The van der Waals surface area contributed by atoms with E-state index in [-0.39, 0.29) is 5.78 Å². The highest BCUT2D eigenvalue weighted by Crippen LogP contribution is 2.40. The van der Waals surface area contributed by atoms with Crippen LogP contribution in [0.4, 0.5) is 0 Å². The maximum atomic E-state index is 12.7. The minimum Gasteiger partial charge on any atom is -0.486 e. The van der Waals surface area contributed by atoms with Crippen LogP contribution in [0.15, 0.2) is 12.1 Å². The highest BCUT2D eigenvalue weighted by Gasteiger charge is 2.43. The van der Waals surface area contributed by atoms with Crippen molar-refractivity contribution >= 4 is 11.7 Å². The van der Waals surface area contributed by atoms with Gasteiger partial charge >= 0.3 is 0 Å². The van der Waals surface area contributed by atoms with Gasteiger partial charge in [0.2, 0.25) is 5.91 Å². The third kappa shape index (κ3) is 3.76. The summed E-state index contributed by atoms with van der Waals surface area (Å²) in [5.41, 5.74) is 2.58. The van der Waals surface area contributed by atoms with Crippen LogP contribution in [0.2, 0.25) is 0 Å². The van der Waals surface area contributed by atoms with Crippen molar-refractivity contribution in [3.8, 4) is 5.75 Å². The summed E-state index contributed by atoms with van der Waals surface area (Å²) < 4.78 is 6.39. The second kappa shape index (κ2) is 7.29. The highest BCUT2D eigenvalue weighted by molar-refractivity contribution is 6.00. The van der Waals surface area contributed by atoms with Gasteiger partial charge in [-0.3, -0.25) is 9.59 Å². The van der Waals surface area contributed by atoms with Crippen LogP contribution in [0.25, 0.3) is 0 Å². The Labute approximate surface area is 162 Å². The normalized spacial score (nSPS) is 22.4. The Morgan fingerprint density at radius 2 is 1.78 bits per heavy atom. The molecule has 2 heterocycles. The number of ketones is 1. The molecule has 4 heteroatoms. The molecule has 1 saturated carbocycles. The molecule has 4 rings (SSSR count). The number of Topliss-reactive ketones (excluding diaryl/α,β-unsaturated/α-hetero) is 1. The molecular weight excluding hydrogens is 338 g/mol. The molecule has 0 bridgehead atoms. The number of amides is 1. The number of ether oxygens (including phenoxy) is 1. The van der Waals surface area contributed by atoms with E-state index in [0.29, 0.717) is 37.8 Å². The molecular formula is C23H31NO3. The highest BCUT2D eigenvalue weighted by atomic mass is 16.5. The van der Waals surface area contributed by atoms with Crippen LogP contribution < -0.4 is 4.74 Å². The van der Waals surface area contributed by atoms with Gasteiger partial charge in [0.25, 0.3) is 0 Å². The first-order valence-electron chi connectivity index (χ1n) is 10.6. The van der Waals surface area contributed by atoms with Gasteiger partial charge in [0.05, 0.1) is 12.0 Å². The van der Waals surface area contributed by atoms with Gasteiger partial charge in [-0.2, -0.15) is 0 Å². The third-order valence-electron chi connectivity index (χ3n) is 6.92. The van der Waals surface area contributed by atoms with Crippen molar-refractivity contribution in [2.45, 2.75) is 77.2 Å². The Morgan fingerprint density at radius 3 is 2.48 bits per heavy atom. The van der Waals surface area contributed by atoms with Crippen molar-refractivity contribution < 1.29 is 14.3 Å². The van der Waals surface area contributed by atoms with Gasteiger partial charge in [-0.25, -0.2) is 0 Å². The molecule has 0 atom stereocenters. The van der Waals surface area contributed by atoms with Gasteiger partial charge in [-0.05, 0) is 55.9 Å². The van der Waals surface area contributed by atoms with Crippen LogP contribution in [-0.2, 0) is 4.79 Å². The van der Waals surface area contributed by atoms with Gasteiger partial charge in [0, 0.05) is 32.4 Å². The topological polar surface area (TPSA) is 46.6 Å². The van der Waals surface area contributed by atoms with Gasteiger partial charge in [-0.15, -0.1) is 0 Å². The Balaban J connectivity index is 1.40. The molecule has 0 N–H and O–H groups in total. The smallest absolute Gasteiger partial charge is 0.222 e. The molecule has 0 radical (unpaired) electrons. The fraction of sp³-hybridized carbons (Fsp3) is 0.652. The average molecular weight is 370 g/mol. The van der Waals surface area contributed by atoms with Crippen molar-refractivity contribution in [2.75, 3.05) is 13.1 Å². The van der Waals surface area contributed by atoms with Crippen molar-refractivity contribution in [3.63, 3.8) is 0 Å². The monoisotopic (exact) mass is 369 g/mol. The van der Waals surface area contributed by atoms with E-state index in [0.717, 1.165) is 35.3 Å². The van der Waals surface area contributed by atoms with Crippen molar-refractivity contribution in [2.24, 2.45) is 5.92 Å². The van der Waals surface area contributed by atoms with E-state index < -0.39 is 5.60 Å². The summed E-state index contributed by atoms with van der Waals surface area (Å²) in [6.45, 7) is 5.50. The second-order valence-electron chi connectivity index (χ2n) is 8.91. The minimum atomic E-state index is -0.423. The number of nitrogens with zero attached hydrogens (tertiary/aromatic N) is 1. The fourth-order valence-corrected chi connectivity index (χ4v) is 4.96. The quantitative estimate of drug-likeness (QED) is 0.765. The predicted octanol–water partition coefficient (Wildman–Crippen LogP) is 4.60. The number of rotatable bonds is 2. The molecule has 146 valence electrons. The largest absolute Gasteiger partial charge is 0.486 e. The number of carbonyl (C=O) groups is 2. The molecule has 1 aromatic carbocycles. The first-order valence-corrected chi connectivity index (χ1v) is 10.6. The van der Waals surface area contributed by atoms with Crippen LogP contribution in [0.5, 0.6) is 5.75 Å². The van der Waals surface area contributed by atoms with E-state index in [9.17, 15) is 9.59 Å². The molecule has 1 aliphatic carbocycles. The lowest BCUT2D eigenvalue weighted by Gasteiger charge is -2.44. The summed E-state index contributed by atoms with van der Waals surface area (Å²) in [6.07, 6.45) is 8.92. The summed E-state index contributed by atoms with van der Waals surface area (Å²) in [4.78, 5) is 27.4. The number of carbonyl (C=O) groups excluding carboxylic acids is 2. The second-order valence-corrected chi connectivity index (χ2v) is 8.91. The van der Waals surface area contributed by atoms with Crippen LogP contribution in [0.1, 0.15) is 79.3 Å². The van der Waals surface area contributed by atoms with Gasteiger partial charge in [-0.1, -0.05) is 19.3 Å². The first kappa shape index (κ1) is 18.5. The Morgan fingerprint density at radius 1 is 1.11 bits per heavy atom. The zero-order valence-corrected chi connectivity index (χ0v) is 16.7. The number of aryl methyl sites for hydroxylation is 2. The van der Waals surface area contributed by atoms with E-state index in [4.69, 9.17) is 4.74 Å². The van der Waals surface area contributed by atoms with Crippen LogP contribution in [0, 0.1) is 19.8 Å². The van der Waals surface area contributed by atoms with Gasteiger partial charge in [0.1, 0.15) is 11.4 Å². The summed E-state index contributed by atoms with van der Waals surface area (Å²) in [5.74, 6) is 1.79. The number of likely N-dealkylation sites (tertiary alicyclic amines) is 1. The van der Waals surface area contributed by atoms with E-state index in [1.54, 1.807) is 0 Å². The summed E-state index contributed by atoms with van der Waals surface area (Å²) in [6, 6.07) is 3.97. The number of hydrogen-bond donors (Lipinski definition) is 0. The lowest BCUT2D eigenvalue weighted by molar-refractivity contribution is -0.136. The molecule has 1 amide bonds. The molecule has 3 aliphatic rings. The van der Waals surface area contributed by atoms with Crippen molar-refractivity contribution in [1.82, 2.24) is 4.90 Å². The molecule has 4 nitrogen and oxygen atoms in total. The SMILES string of the molecule is Cc1cc2c(cc1C)C(=O)CC1(CCN(C(=O)CC3CCCCC3)CC1)O2. The molecule has 1 spiro atoms. The van der Waals surface area contributed by atoms with E-state index >= 15 is 0 Å². The predicted molar refractivity (Wildman–Crippen MR) is 105 cm³/mol. The lowest BCUT2D eigenvalue weighted by atomic mass is 9.81. The van der Waals surface area contributed by atoms with Crippen LogP contribution in [-0.4, -0.2) is 35.3 Å². The van der Waals surface area contributed by atoms with E-state index in [1.165, 1.54) is 32.1 Å². The zero-order valence-electron chi connectivity index (χ0n) is 16.7. The van der Waals surface area contributed by atoms with Gasteiger partial charge < -0.3 is 9.64 Å². The van der Waals surface area contributed by atoms with Crippen molar-refractivity contribution in [3.05, 3.63) is 28.8 Å². The molecule has 0 aromatic heterocycles. The summed E-state index contributed by atoms with van der Waals surface area (Å²) >= 11 is 0. The Bertz CT molecular complexity index is 740. The lowest BCUT2D eigenvalue weighted by Crippen LogP contribution is -2.52. The maximum Gasteiger partial charge on any atom is 0.222 e. The van der Waals surface area contributed by atoms with E-state index in [1.807, 2.05) is 24.0 Å². The minimum absolute atomic E-state index is 0.182. The third-order valence-corrected chi connectivity index (χ3v) is 6.92. The zero-order chi connectivity index (χ0) is 19.0. The Hall–Kier alpha value is -1.84. The molecule has 1 saturated heterocycles. The number of hydrogen-bond acceptors (Lipinski definition) is 3. The summed E-state index contributed by atoms with van der Waals surface area (Å²) in [5, 5.41) is 0. The molecule has 2 fully saturated rings. The molecule has 27 heavy (non-hydrogen) atoms. The Kier molecular flexibility index (Phi) is 5.00. The number of piperidine rings is 1. The maximum absolute atomic E-state index is 12.7. The molecule has 2 aliphatic heterocycles. The standard InChI is InChI=1S/C23H31NO3/c1-16-12-19-20(25)15-23(27-21(19)13-17(16)2)8-10-24(11-9-23)22(26)14-18-6-4-3-5-7-18/h12-13,18H,3-11,14-15H2,1-2H3.